The molecule has 0 fully saturated rings. The number of benzene rings is 3. The third-order valence-electron chi connectivity index (χ3n) is 3.81. The second-order valence-electron chi connectivity index (χ2n) is 5.82. The molecule has 0 saturated heterocycles. The lowest BCUT2D eigenvalue weighted by Crippen LogP contribution is -1.93. The summed E-state index contributed by atoms with van der Waals surface area (Å²) in [4.78, 5) is 8.13. The maximum atomic E-state index is 10.1. The third-order valence-corrected chi connectivity index (χ3v) is 3.81. The van der Waals surface area contributed by atoms with Crippen LogP contribution < -0.4 is 0 Å². The molecule has 0 spiro atoms. The lowest BCUT2D eigenvalue weighted by atomic mass is 10.1. The molecule has 1 heterocycles. The van der Waals surface area contributed by atoms with Crippen molar-refractivity contribution in [2.24, 2.45) is 0 Å². The summed E-state index contributed by atoms with van der Waals surface area (Å²) in [6.45, 7) is 0. The molecule has 4 rings (SSSR count). The molecule has 4 N–H and O–H groups in total. The van der Waals surface area contributed by atoms with E-state index in [0.29, 0.717) is 11.4 Å². The van der Waals surface area contributed by atoms with E-state index in [-0.39, 0.29) is 28.8 Å². The van der Waals surface area contributed by atoms with E-state index in [1.807, 2.05) is 48.5 Å². The Morgan fingerprint density at radius 3 is 1.29 bits per heavy atom. The molecule has 3 aromatic carbocycles. The van der Waals surface area contributed by atoms with Crippen molar-refractivity contribution in [3.05, 3.63) is 84.9 Å². The lowest BCUT2D eigenvalue weighted by Gasteiger charge is -2.08. The van der Waals surface area contributed by atoms with Crippen molar-refractivity contribution in [1.82, 2.24) is 9.97 Å². The Hall–Kier alpha value is -4.06. The molecule has 6 heteroatoms. The van der Waals surface area contributed by atoms with Crippen LogP contribution in [-0.4, -0.2) is 30.4 Å². The molecule has 0 radical (unpaired) electrons. The standard InChI is InChI=1S/C16H12N2O2.C6H6O2/c19-15-13(11-7-3-1-4-8-11)16(20)18-14(17-15)12-9-5-2-6-10-12;7-5-1-2-6(8)4-3-5/h1-10H,(H2,17,18,19,20);1-4,7-8H. The van der Waals surface area contributed by atoms with Gasteiger partial charge in [0.05, 0.1) is 0 Å². The highest BCUT2D eigenvalue weighted by Crippen LogP contribution is 2.35. The van der Waals surface area contributed by atoms with Gasteiger partial charge in [-0.2, -0.15) is 9.97 Å². The number of phenols is 2. The Labute approximate surface area is 161 Å². The van der Waals surface area contributed by atoms with E-state index in [2.05, 4.69) is 9.97 Å². The number of hydrogen-bond acceptors (Lipinski definition) is 6. The Kier molecular flexibility index (Phi) is 5.72. The highest BCUT2D eigenvalue weighted by molar-refractivity contribution is 5.74. The Morgan fingerprint density at radius 1 is 0.464 bits per heavy atom. The SMILES string of the molecule is Oc1ccc(O)cc1.Oc1nc(-c2ccccc2)nc(O)c1-c1ccccc1. The summed E-state index contributed by atoms with van der Waals surface area (Å²) in [5, 5.41) is 37.4. The summed E-state index contributed by atoms with van der Waals surface area (Å²) in [5.41, 5.74) is 1.64. The molecule has 0 aliphatic heterocycles. The topological polar surface area (TPSA) is 107 Å². The highest BCUT2D eigenvalue weighted by Gasteiger charge is 2.15. The van der Waals surface area contributed by atoms with Crippen LogP contribution in [0.5, 0.6) is 23.3 Å². The fraction of sp³-hybridized carbons (Fsp3) is 0. The number of phenolic OH excluding ortho intramolecular Hbond substituents is 2. The molecule has 0 aliphatic carbocycles. The van der Waals surface area contributed by atoms with Crippen LogP contribution in [0.4, 0.5) is 0 Å². The molecule has 0 saturated carbocycles. The van der Waals surface area contributed by atoms with Crippen LogP contribution in [0.2, 0.25) is 0 Å². The van der Waals surface area contributed by atoms with E-state index in [4.69, 9.17) is 10.2 Å². The first kappa shape index (κ1) is 18.7. The molecule has 0 bridgehead atoms. The molecule has 0 amide bonds. The largest absolute Gasteiger partial charge is 0.508 e. The van der Waals surface area contributed by atoms with Crippen molar-refractivity contribution in [3.8, 4) is 45.8 Å². The second kappa shape index (κ2) is 8.55. The van der Waals surface area contributed by atoms with E-state index in [1.165, 1.54) is 24.3 Å². The molecule has 0 unspecified atom stereocenters. The van der Waals surface area contributed by atoms with Gasteiger partial charge in [0.25, 0.3) is 0 Å². The van der Waals surface area contributed by atoms with Gasteiger partial charge in [0.2, 0.25) is 11.8 Å². The van der Waals surface area contributed by atoms with Gasteiger partial charge in [-0.15, -0.1) is 0 Å². The van der Waals surface area contributed by atoms with Gasteiger partial charge in [0.1, 0.15) is 17.1 Å². The van der Waals surface area contributed by atoms with E-state index in [1.54, 1.807) is 12.1 Å². The quantitative estimate of drug-likeness (QED) is 0.389. The van der Waals surface area contributed by atoms with Gasteiger partial charge in [-0.05, 0) is 29.8 Å². The van der Waals surface area contributed by atoms with Crippen molar-refractivity contribution < 1.29 is 20.4 Å². The molecule has 0 aliphatic rings. The van der Waals surface area contributed by atoms with Crippen LogP contribution in [0, 0.1) is 0 Å². The molecule has 140 valence electrons. The van der Waals surface area contributed by atoms with Gasteiger partial charge in [0.15, 0.2) is 5.82 Å². The zero-order valence-electron chi connectivity index (χ0n) is 14.8. The fourth-order valence-corrected chi connectivity index (χ4v) is 2.47. The van der Waals surface area contributed by atoms with Crippen LogP contribution in [-0.2, 0) is 0 Å². The number of aromatic hydroxyl groups is 4. The highest BCUT2D eigenvalue weighted by atomic mass is 16.3. The first-order chi connectivity index (χ1) is 13.5. The fourth-order valence-electron chi connectivity index (χ4n) is 2.47. The van der Waals surface area contributed by atoms with E-state index in [9.17, 15) is 10.2 Å². The first-order valence-corrected chi connectivity index (χ1v) is 8.43. The van der Waals surface area contributed by atoms with Crippen molar-refractivity contribution in [1.29, 1.82) is 0 Å². The maximum Gasteiger partial charge on any atom is 0.226 e. The summed E-state index contributed by atoms with van der Waals surface area (Å²) in [7, 11) is 0. The number of nitrogens with zero attached hydrogens (tertiary/aromatic N) is 2. The Balaban J connectivity index is 0.000000236. The summed E-state index contributed by atoms with van der Waals surface area (Å²) in [6, 6.07) is 24.0. The Morgan fingerprint density at radius 2 is 0.857 bits per heavy atom. The van der Waals surface area contributed by atoms with Gasteiger partial charge in [0, 0.05) is 5.56 Å². The zero-order valence-corrected chi connectivity index (χ0v) is 14.8. The number of aromatic nitrogens is 2. The lowest BCUT2D eigenvalue weighted by molar-refractivity contribution is 0.427. The minimum atomic E-state index is -0.234. The van der Waals surface area contributed by atoms with Gasteiger partial charge >= 0.3 is 0 Å². The first-order valence-electron chi connectivity index (χ1n) is 8.43. The van der Waals surface area contributed by atoms with Crippen molar-refractivity contribution in [2.45, 2.75) is 0 Å². The molecule has 1 aromatic heterocycles. The van der Waals surface area contributed by atoms with Crippen LogP contribution in [0.1, 0.15) is 0 Å². The van der Waals surface area contributed by atoms with Crippen molar-refractivity contribution in [2.75, 3.05) is 0 Å². The normalized spacial score (nSPS) is 10.0. The summed E-state index contributed by atoms with van der Waals surface area (Å²) >= 11 is 0. The van der Waals surface area contributed by atoms with Gasteiger partial charge < -0.3 is 20.4 Å². The van der Waals surface area contributed by atoms with Crippen LogP contribution in [0.3, 0.4) is 0 Å². The predicted octanol–water partition coefficient (Wildman–Crippen LogP) is 4.32. The van der Waals surface area contributed by atoms with E-state index in [0.717, 1.165) is 5.56 Å². The summed E-state index contributed by atoms with van der Waals surface area (Å²) in [6.07, 6.45) is 0. The van der Waals surface area contributed by atoms with Crippen molar-refractivity contribution in [3.63, 3.8) is 0 Å². The third kappa shape index (κ3) is 4.56. The zero-order chi connectivity index (χ0) is 19.9. The van der Waals surface area contributed by atoms with Gasteiger partial charge in [-0.25, -0.2) is 0 Å². The number of hydrogen-bond donors (Lipinski definition) is 4. The van der Waals surface area contributed by atoms with Gasteiger partial charge in [-0.3, -0.25) is 0 Å². The minimum Gasteiger partial charge on any atom is -0.508 e. The van der Waals surface area contributed by atoms with E-state index < -0.39 is 0 Å². The Bertz CT molecular complexity index is 993. The molecule has 6 nitrogen and oxygen atoms in total. The molecule has 28 heavy (non-hydrogen) atoms. The smallest absolute Gasteiger partial charge is 0.226 e. The maximum absolute atomic E-state index is 10.1. The predicted molar refractivity (Wildman–Crippen MR) is 106 cm³/mol. The van der Waals surface area contributed by atoms with E-state index >= 15 is 0 Å². The molecule has 4 aromatic rings. The van der Waals surface area contributed by atoms with Crippen LogP contribution >= 0.6 is 0 Å². The average Bonchev–Trinajstić information content (AvgIpc) is 2.72. The summed E-state index contributed by atoms with van der Waals surface area (Å²) < 4.78 is 0. The minimum absolute atomic E-state index is 0.169. The van der Waals surface area contributed by atoms with Gasteiger partial charge in [-0.1, -0.05) is 60.7 Å². The van der Waals surface area contributed by atoms with Crippen LogP contribution in [0.15, 0.2) is 84.9 Å². The van der Waals surface area contributed by atoms with Crippen LogP contribution in [0.25, 0.3) is 22.5 Å². The summed E-state index contributed by atoms with van der Waals surface area (Å²) in [5.74, 6) is 0.163. The molecular formula is C22H18N2O4. The second-order valence-corrected chi connectivity index (χ2v) is 5.82. The number of rotatable bonds is 2. The van der Waals surface area contributed by atoms with Crippen molar-refractivity contribution >= 4 is 0 Å². The monoisotopic (exact) mass is 374 g/mol. The molecule has 0 atom stereocenters. The average molecular weight is 374 g/mol. The molecular weight excluding hydrogens is 356 g/mol.